The molecular formula is C9H7ClN2. The number of rotatable bonds is 0. The fraction of sp³-hybridized carbons (Fsp3) is 0.111. The van der Waals surface area contributed by atoms with E-state index in [1.165, 1.54) is 0 Å². The van der Waals surface area contributed by atoms with Crippen molar-refractivity contribution in [3.8, 4) is 0 Å². The molecule has 0 unspecified atom stereocenters. The van der Waals surface area contributed by atoms with E-state index in [1.54, 1.807) is 12.4 Å². The maximum Gasteiger partial charge on any atom is 0.0751 e. The maximum atomic E-state index is 5.98. The first-order chi connectivity index (χ1) is 5.77. The summed E-state index contributed by atoms with van der Waals surface area (Å²) in [6.07, 6.45) is 3.44. The minimum Gasteiger partial charge on any atom is -0.264 e. The third-order valence-electron chi connectivity index (χ3n) is 1.69. The number of hydrogen-bond donors (Lipinski definition) is 0. The monoisotopic (exact) mass is 178 g/mol. The first-order valence-corrected chi connectivity index (χ1v) is 4.02. The molecule has 3 heteroatoms. The fourth-order valence-corrected chi connectivity index (χ4v) is 1.46. The Bertz CT molecular complexity index is 426. The van der Waals surface area contributed by atoms with Gasteiger partial charge in [-0.05, 0) is 19.1 Å². The van der Waals surface area contributed by atoms with Crippen molar-refractivity contribution in [2.24, 2.45) is 0 Å². The van der Waals surface area contributed by atoms with Crippen LogP contribution in [-0.2, 0) is 0 Å². The molecule has 0 spiro atoms. The van der Waals surface area contributed by atoms with Crippen LogP contribution in [0.4, 0.5) is 0 Å². The minimum absolute atomic E-state index is 0.714. The van der Waals surface area contributed by atoms with Gasteiger partial charge >= 0.3 is 0 Å². The van der Waals surface area contributed by atoms with Gasteiger partial charge in [-0.2, -0.15) is 0 Å². The largest absolute Gasteiger partial charge is 0.264 e. The molecule has 0 radical (unpaired) electrons. The predicted octanol–water partition coefficient (Wildman–Crippen LogP) is 2.59. The molecule has 12 heavy (non-hydrogen) atoms. The molecule has 0 aliphatic carbocycles. The fourth-order valence-electron chi connectivity index (χ4n) is 1.15. The van der Waals surface area contributed by atoms with Crippen LogP contribution in [-0.4, -0.2) is 9.97 Å². The van der Waals surface area contributed by atoms with Gasteiger partial charge in [-0.3, -0.25) is 9.97 Å². The van der Waals surface area contributed by atoms with E-state index in [9.17, 15) is 0 Å². The smallest absolute Gasteiger partial charge is 0.0751 e. The van der Waals surface area contributed by atoms with Gasteiger partial charge in [0.15, 0.2) is 0 Å². The number of hydrogen-bond acceptors (Lipinski definition) is 2. The van der Waals surface area contributed by atoms with Gasteiger partial charge < -0.3 is 0 Å². The molecule has 0 fully saturated rings. The highest BCUT2D eigenvalue weighted by molar-refractivity contribution is 6.35. The molecule has 0 aromatic carbocycles. The zero-order chi connectivity index (χ0) is 8.55. The molecule has 2 rings (SSSR count). The summed E-state index contributed by atoms with van der Waals surface area (Å²) in [7, 11) is 0. The van der Waals surface area contributed by atoms with Crippen LogP contribution in [0, 0.1) is 6.92 Å². The van der Waals surface area contributed by atoms with Gasteiger partial charge in [-0.15, -0.1) is 0 Å². The molecule has 0 aliphatic heterocycles. The lowest BCUT2D eigenvalue weighted by Gasteiger charge is -1.99. The Morgan fingerprint density at radius 3 is 3.08 bits per heavy atom. The van der Waals surface area contributed by atoms with Crippen LogP contribution < -0.4 is 0 Å². The first kappa shape index (κ1) is 7.50. The Balaban J connectivity index is 2.89. The summed E-state index contributed by atoms with van der Waals surface area (Å²) in [5, 5.41) is 1.62. The van der Waals surface area contributed by atoms with Crippen molar-refractivity contribution in [3.63, 3.8) is 0 Å². The lowest BCUT2D eigenvalue weighted by atomic mass is 10.2. The molecule has 2 nitrogen and oxygen atoms in total. The summed E-state index contributed by atoms with van der Waals surface area (Å²) < 4.78 is 0. The van der Waals surface area contributed by atoms with E-state index in [2.05, 4.69) is 9.97 Å². The van der Waals surface area contributed by atoms with Crippen LogP contribution >= 0.6 is 11.6 Å². The molecule has 0 saturated heterocycles. The van der Waals surface area contributed by atoms with E-state index in [1.807, 2.05) is 19.1 Å². The topological polar surface area (TPSA) is 25.8 Å². The number of halogens is 1. The highest BCUT2D eigenvalue weighted by Crippen LogP contribution is 2.21. The van der Waals surface area contributed by atoms with Gasteiger partial charge in [0.05, 0.1) is 10.5 Å². The highest BCUT2D eigenvalue weighted by atomic mass is 35.5. The van der Waals surface area contributed by atoms with E-state index in [-0.39, 0.29) is 0 Å². The van der Waals surface area contributed by atoms with Crippen molar-refractivity contribution in [2.45, 2.75) is 6.92 Å². The maximum absolute atomic E-state index is 5.98. The van der Waals surface area contributed by atoms with Gasteiger partial charge in [0.2, 0.25) is 0 Å². The molecule has 2 heterocycles. The van der Waals surface area contributed by atoms with Crippen molar-refractivity contribution in [3.05, 3.63) is 35.2 Å². The first-order valence-electron chi connectivity index (χ1n) is 3.64. The molecule has 0 bridgehead atoms. The summed E-state index contributed by atoms with van der Waals surface area (Å²) in [6.45, 7) is 1.92. The molecule has 0 atom stereocenters. The Labute approximate surface area is 75.2 Å². The Morgan fingerprint density at radius 1 is 1.42 bits per heavy atom. The predicted molar refractivity (Wildman–Crippen MR) is 49.3 cm³/mol. The van der Waals surface area contributed by atoms with Gasteiger partial charge in [0.1, 0.15) is 0 Å². The molecule has 0 aliphatic rings. The van der Waals surface area contributed by atoms with Crippen molar-refractivity contribution in [2.75, 3.05) is 0 Å². The van der Waals surface area contributed by atoms with Gasteiger partial charge in [0.25, 0.3) is 0 Å². The van der Waals surface area contributed by atoms with E-state index in [0.717, 1.165) is 16.6 Å². The number of aryl methyl sites for hydroxylation is 1. The minimum atomic E-state index is 0.714. The Morgan fingerprint density at radius 2 is 2.25 bits per heavy atom. The molecule has 0 N–H and O–H groups in total. The highest BCUT2D eigenvalue weighted by Gasteiger charge is 1.99. The van der Waals surface area contributed by atoms with Gasteiger partial charge in [-0.25, -0.2) is 0 Å². The van der Waals surface area contributed by atoms with Crippen LogP contribution in [0.25, 0.3) is 10.9 Å². The molecule has 0 amide bonds. The zero-order valence-electron chi connectivity index (χ0n) is 6.58. The van der Waals surface area contributed by atoms with E-state index in [0.29, 0.717) is 5.02 Å². The van der Waals surface area contributed by atoms with E-state index < -0.39 is 0 Å². The van der Waals surface area contributed by atoms with E-state index >= 15 is 0 Å². The zero-order valence-corrected chi connectivity index (χ0v) is 7.34. The number of fused-ring (bicyclic) bond motifs is 1. The van der Waals surface area contributed by atoms with Crippen LogP contribution in [0.3, 0.4) is 0 Å². The van der Waals surface area contributed by atoms with Crippen LogP contribution in [0.1, 0.15) is 5.69 Å². The second-order valence-electron chi connectivity index (χ2n) is 2.64. The Hall–Kier alpha value is -1.15. The van der Waals surface area contributed by atoms with E-state index in [4.69, 9.17) is 11.6 Å². The average molecular weight is 179 g/mol. The lowest BCUT2D eigenvalue weighted by molar-refractivity contribution is 1.24. The number of pyridine rings is 2. The van der Waals surface area contributed by atoms with Crippen molar-refractivity contribution < 1.29 is 0 Å². The van der Waals surface area contributed by atoms with Crippen LogP contribution in [0.5, 0.6) is 0 Å². The van der Waals surface area contributed by atoms with Crippen LogP contribution in [0.2, 0.25) is 5.02 Å². The summed E-state index contributed by atoms with van der Waals surface area (Å²) >= 11 is 5.98. The standard InChI is InChI=1S/C9H7ClN2/c1-6-4-8(10)7-5-11-3-2-9(7)12-6/h2-5H,1H3. The van der Waals surface area contributed by atoms with Crippen LogP contribution in [0.15, 0.2) is 24.5 Å². The Kier molecular flexibility index (Phi) is 1.70. The number of aromatic nitrogens is 2. The normalized spacial score (nSPS) is 10.5. The van der Waals surface area contributed by atoms with Crippen molar-refractivity contribution in [1.29, 1.82) is 0 Å². The summed E-state index contributed by atoms with van der Waals surface area (Å²) in [5.41, 5.74) is 1.83. The number of nitrogens with zero attached hydrogens (tertiary/aromatic N) is 2. The van der Waals surface area contributed by atoms with Crippen molar-refractivity contribution >= 4 is 22.5 Å². The molecular weight excluding hydrogens is 172 g/mol. The summed E-state index contributed by atoms with van der Waals surface area (Å²) in [5.74, 6) is 0. The summed E-state index contributed by atoms with van der Waals surface area (Å²) in [6, 6.07) is 3.69. The third kappa shape index (κ3) is 1.14. The average Bonchev–Trinajstić information content (AvgIpc) is 2.04. The lowest BCUT2D eigenvalue weighted by Crippen LogP contribution is -1.84. The second kappa shape index (κ2) is 2.72. The second-order valence-corrected chi connectivity index (χ2v) is 3.05. The van der Waals surface area contributed by atoms with Gasteiger partial charge in [0, 0.05) is 23.5 Å². The molecule has 60 valence electrons. The SMILES string of the molecule is Cc1cc(Cl)c2cnccc2n1. The third-order valence-corrected chi connectivity index (χ3v) is 2.00. The molecule has 0 saturated carbocycles. The molecule has 2 aromatic heterocycles. The van der Waals surface area contributed by atoms with Gasteiger partial charge in [-0.1, -0.05) is 11.6 Å². The quantitative estimate of drug-likeness (QED) is 0.620. The summed E-state index contributed by atoms with van der Waals surface area (Å²) in [4.78, 5) is 8.29. The molecule has 2 aromatic rings. The van der Waals surface area contributed by atoms with Crippen molar-refractivity contribution in [1.82, 2.24) is 9.97 Å².